The lowest BCUT2D eigenvalue weighted by Crippen LogP contribution is -2.13. The Morgan fingerprint density at radius 3 is 2.79 bits per heavy atom. The van der Waals surface area contributed by atoms with E-state index in [0.717, 1.165) is 10.6 Å². The topological polar surface area (TPSA) is 51.2 Å². The number of amides is 1. The maximum atomic E-state index is 12.6. The number of aromatic nitrogens is 1. The molecule has 0 aliphatic carbocycles. The van der Waals surface area contributed by atoms with E-state index in [1.54, 1.807) is 48.5 Å². The van der Waals surface area contributed by atoms with Crippen molar-refractivity contribution in [3.63, 3.8) is 0 Å². The molecule has 1 N–H and O–H groups in total. The number of nitrogens with one attached hydrogen (secondary N) is 1. The van der Waals surface area contributed by atoms with Gasteiger partial charge < -0.3 is 10.1 Å². The van der Waals surface area contributed by atoms with Gasteiger partial charge in [0.2, 0.25) is 5.88 Å². The smallest absolute Gasteiger partial charge is 0.256 e. The van der Waals surface area contributed by atoms with Gasteiger partial charge in [-0.3, -0.25) is 4.79 Å². The summed E-state index contributed by atoms with van der Waals surface area (Å²) in [5, 5.41) is 4.94. The van der Waals surface area contributed by atoms with Crippen LogP contribution in [0, 0.1) is 0 Å². The van der Waals surface area contributed by atoms with E-state index in [4.69, 9.17) is 4.74 Å². The lowest BCUT2D eigenvalue weighted by molar-refractivity contribution is 0.102. The van der Waals surface area contributed by atoms with E-state index in [1.165, 1.54) is 4.88 Å². The van der Waals surface area contributed by atoms with Gasteiger partial charge in [-0.25, -0.2) is 4.98 Å². The van der Waals surface area contributed by atoms with Gasteiger partial charge in [-0.1, -0.05) is 18.2 Å². The predicted molar refractivity (Wildman–Crippen MR) is 99.1 cm³/mol. The molecule has 3 rings (SSSR count). The second kappa shape index (κ2) is 7.99. The normalized spacial score (nSPS) is 10.4. The minimum absolute atomic E-state index is 0.142. The summed E-state index contributed by atoms with van der Waals surface area (Å²) >= 11 is 3.38. The van der Waals surface area contributed by atoms with Crippen molar-refractivity contribution in [2.75, 3.05) is 12.4 Å². The monoisotopic (exact) mass is 356 g/mol. The Morgan fingerprint density at radius 2 is 2.08 bits per heavy atom. The molecule has 4 nitrogen and oxygen atoms in total. The number of anilines is 1. The van der Waals surface area contributed by atoms with Crippen molar-refractivity contribution in [2.45, 2.75) is 10.6 Å². The van der Waals surface area contributed by atoms with Crippen LogP contribution in [-0.4, -0.2) is 18.0 Å². The van der Waals surface area contributed by atoms with Gasteiger partial charge in [0, 0.05) is 21.6 Å². The highest BCUT2D eigenvalue weighted by atomic mass is 32.2. The summed E-state index contributed by atoms with van der Waals surface area (Å²) in [6, 6.07) is 15.2. The molecule has 0 saturated carbocycles. The van der Waals surface area contributed by atoms with Crippen molar-refractivity contribution in [1.29, 1.82) is 0 Å². The van der Waals surface area contributed by atoms with Crippen molar-refractivity contribution in [1.82, 2.24) is 4.98 Å². The molecule has 1 aromatic carbocycles. The van der Waals surface area contributed by atoms with Crippen LogP contribution >= 0.6 is 23.1 Å². The minimum atomic E-state index is -0.142. The van der Waals surface area contributed by atoms with E-state index in [0.29, 0.717) is 17.1 Å². The summed E-state index contributed by atoms with van der Waals surface area (Å²) in [6.45, 7) is 0. The van der Waals surface area contributed by atoms with Crippen LogP contribution in [0.1, 0.15) is 15.2 Å². The lowest BCUT2D eigenvalue weighted by Gasteiger charge is -2.10. The molecule has 0 saturated heterocycles. The van der Waals surface area contributed by atoms with Crippen LogP contribution in [0.5, 0.6) is 5.88 Å². The molecule has 0 aliphatic rings. The van der Waals surface area contributed by atoms with Crippen molar-refractivity contribution in [3.8, 4) is 5.88 Å². The molecule has 0 fully saturated rings. The number of nitrogens with zero attached hydrogens (tertiary/aromatic N) is 1. The number of ether oxygens (including phenoxy) is 1. The fraction of sp³-hybridized carbons (Fsp3) is 0.111. The van der Waals surface area contributed by atoms with E-state index >= 15 is 0 Å². The molecule has 0 unspecified atom stereocenters. The molecule has 2 aromatic heterocycles. The molecule has 0 aliphatic heterocycles. The minimum Gasteiger partial charge on any atom is -0.481 e. The van der Waals surface area contributed by atoms with Gasteiger partial charge >= 0.3 is 0 Å². The first-order valence-corrected chi connectivity index (χ1v) is 9.18. The Bertz CT molecular complexity index is 802. The summed E-state index contributed by atoms with van der Waals surface area (Å²) in [4.78, 5) is 18.9. The zero-order valence-electron chi connectivity index (χ0n) is 13.1. The number of carbonyl (C=O) groups excluding carboxylic acids is 1. The third-order valence-electron chi connectivity index (χ3n) is 3.29. The van der Waals surface area contributed by atoms with E-state index in [2.05, 4.69) is 21.7 Å². The van der Waals surface area contributed by atoms with E-state index in [1.807, 2.05) is 30.3 Å². The zero-order chi connectivity index (χ0) is 16.8. The van der Waals surface area contributed by atoms with E-state index in [9.17, 15) is 4.79 Å². The van der Waals surface area contributed by atoms with Crippen LogP contribution in [0.25, 0.3) is 0 Å². The first kappa shape index (κ1) is 16.5. The molecular weight excluding hydrogens is 340 g/mol. The molecule has 0 bridgehead atoms. The van der Waals surface area contributed by atoms with Crippen LogP contribution in [0.4, 0.5) is 5.69 Å². The third kappa shape index (κ3) is 4.15. The number of hydrogen-bond acceptors (Lipinski definition) is 5. The Kier molecular flexibility index (Phi) is 5.51. The average Bonchev–Trinajstić information content (AvgIpc) is 3.14. The van der Waals surface area contributed by atoms with Gasteiger partial charge in [0.05, 0.1) is 24.6 Å². The van der Waals surface area contributed by atoms with Crippen molar-refractivity contribution < 1.29 is 9.53 Å². The van der Waals surface area contributed by atoms with Crippen LogP contribution in [0.3, 0.4) is 0 Å². The lowest BCUT2D eigenvalue weighted by atomic mass is 10.2. The quantitative estimate of drug-likeness (QED) is 0.651. The first-order chi connectivity index (χ1) is 11.8. The van der Waals surface area contributed by atoms with Crippen molar-refractivity contribution in [3.05, 3.63) is 70.5 Å². The fourth-order valence-corrected chi connectivity index (χ4v) is 3.92. The highest BCUT2D eigenvalue weighted by Crippen LogP contribution is 2.28. The second-order valence-electron chi connectivity index (χ2n) is 4.91. The molecule has 3 aromatic rings. The van der Waals surface area contributed by atoms with Crippen LogP contribution < -0.4 is 10.1 Å². The maximum absolute atomic E-state index is 12.6. The number of benzene rings is 1. The SMILES string of the molecule is COc1ccc(NC(=O)c2ccccc2SCc2cccs2)cn1. The van der Waals surface area contributed by atoms with Crippen molar-refractivity contribution in [2.24, 2.45) is 0 Å². The first-order valence-electron chi connectivity index (χ1n) is 7.32. The van der Waals surface area contributed by atoms with E-state index in [-0.39, 0.29) is 5.91 Å². The Hall–Kier alpha value is -2.31. The highest BCUT2D eigenvalue weighted by Gasteiger charge is 2.12. The summed E-state index contributed by atoms with van der Waals surface area (Å²) in [5.74, 6) is 1.22. The molecule has 1 amide bonds. The molecule has 0 radical (unpaired) electrons. The summed E-state index contributed by atoms with van der Waals surface area (Å²) in [7, 11) is 1.56. The average molecular weight is 356 g/mol. The highest BCUT2D eigenvalue weighted by molar-refractivity contribution is 7.98. The van der Waals surface area contributed by atoms with E-state index < -0.39 is 0 Å². The number of pyridine rings is 1. The van der Waals surface area contributed by atoms with Gasteiger partial charge in [0.1, 0.15) is 0 Å². The standard InChI is InChI=1S/C18H16N2O2S2/c1-22-17-9-8-13(11-19-17)20-18(21)15-6-2-3-7-16(15)24-12-14-5-4-10-23-14/h2-11H,12H2,1H3,(H,20,21). The third-order valence-corrected chi connectivity index (χ3v) is 5.47. The second-order valence-corrected chi connectivity index (χ2v) is 6.96. The fourth-order valence-electron chi connectivity index (χ4n) is 2.10. The van der Waals surface area contributed by atoms with Gasteiger partial charge in [0.25, 0.3) is 5.91 Å². The molecule has 2 heterocycles. The molecule has 0 spiro atoms. The summed E-state index contributed by atoms with van der Waals surface area (Å²) < 4.78 is 5.02. The zero-order valence-corrected chi connectivity index (χ0v) is 14.7. The van der Waals surface area contributed by atoms with Crippen molar-refractivity contribution >= 4 is 34.7 Å². The van der Waals surface area contributed by atoms with Crippen LogP contribution in [0.15, 0.2) is 65.0 Å². The van der Waals surface area contributed by atoms with Gasteiger partial charge in [-0.2, -0.15) is 0 Å². The molecule has 0 atom stereocenters. The summed E-state index contributed by atoms with van der Waals surface area (Å²) in [5.41, 5.74) is 1.30. The summed E-state index contributed by atoms with van der Waals surface area (Å²) in [6.07, 6.45) is 1.58. The Balaban J connectivity index is 1.71. The number of thioether (sulfide) groups is 1. The maximum Gasteiger partial charge on any atom is 0.256 e. The van der Waals surface area contributed by atoms with Gasteiger partial charge in [-0.05, 0) is 29.6 Å². The van der Waals surface area contributed by atoms with Crippen LogP contribution in [0.2, 0.25) is 0 Å². The van der Waals surface area contributed by atoms with Crippen LogP contribution in [-0.2, 0) is 5.75 Å². The molecule has 6 heteroatoms. The largest absolute Gasteiger partial charge is 0.481 e. The number of methoxy groups -OCH3 is 1. The number of thiophene rings is 1. The molecule has 122 valence electrons. The Labute approximate surface area is 148 Å². The predicted octanol–water partition coefficient (Wildman–Crippen LogP) is 4.70. The number of hydrogen-bond donors (Lipinski definition) is 1. The van der Waals surface area contributed by atoms with Gasteiger partial charge in [0.15, 0.2) is 0 Å². The Morgan fingerprint density at radius 1 is 1.21 bits per heavy atom. The van der Waals surface area contributed by atoms with Gasteiger partial charge in [-0.15, -0.1) is 23.1 Å². The molecular formula is C18H16N2O2S2. The molecule has 24 heavy (non-hydrogen) atoms. The number of carbonyl (C=O) groups is 1. The number of rotatable bonds is 6.